The molecule has 0 bridgehead atoms. The average molecular weight is 334 g/mol. The van der Waals surface area contributed by atoms with Gasteiger partial charge in [-0.05, 0) is 38.1 Å². The number of rotatable bonds is 5. The normalized spacial score (nSPS) is 19.0. The molecule has 0 radical (unpaired) electrons. The van der Waals surface area contributed by atoms with Gasteiger partial charge in [0.25, 0.3) is 0 Å². The van der Waals surface area contributed by atoms with Gasteiger partial charge in [-0.2, -0.15) is 0 Å². The third kappa shape index (κ3) is 4.88. The second-order valence-corrected chi connectivity index (χ2v) is 7.48. The Bertz CT molecular complexity index is 515. The average Bonchev–Trinajstić information content (AvgIpc) is 2.84. The first-order chi connectivity index (χ1) is 11.3. The van der Waals surface area contributed by atoms with Crippen LogP contribution in [0.3, 0.4) is 0 Å². The Morgan fingerprint density at radius 3 is 2.70 bits per heavy atom. The molecule has 5 heteroatoms. The third-order valence-corrected chi connectivity index (χ3v) is 5.65. The number of fused-ring (bicyclic) bond motifs is 1. The second kappa shape index (κ2) is 8.60. The van der Waals surface area contributed by atoms with E-state index in [0.717, 1.165) is 25.4 Å². The maximum Gasteiger partial charge on any atom is 0.239 e. The number of hydrogen-bond acceptors (Lipinski definition) is 4. The predicted octanol–water partition coefficient (Wildman–Crippen LogP) is 2.59. The first-order valence-corrected chi connectivity index (χ1v) is 9.77. The highest BCUT2D eigenvalue weighted by Crippen LogP contribution is 2.33. The van der Waals surface area contributed by atoms with Crippen LogP contribution in [0.25, 0.3) is 0 Å². The van der Waals surface area contributed by atoms with Gasteiger partial charge in [-0.15, -0.1) is 11.8 Å². The molecule has 1 aromatic carbocycles. The van der Waals surface area contributed by atoms with Crippen molar-refractivity contribution in [2.75, 3.05) is 49.9 Å². The van der Waals surface area contributed by atoms with Crippen molar-refractivity contribution in [1.29, 1.82) is 0 Å². The summed E-state index contributed by atoms with van der Waals surface area (Å²) in [4.78, 5) is 18.2. The van der Waals surface area contributed by atoms with Crippen molar-refractivity contribution in [1.82, 2.24) is 10.2 Å². The van der Waals surface area contributed by atoms with Crippen LogP contribution in [0.15, 0.2) is 29.2 Å². The van der Waals surface area contributed by atoms with Crippen LogP contribution in [-0.2, 0) is 4.79 Å². The fourth-order valence-corrected chi connectivity index (χ4v) is 4.38. The molecule has 0 atom stereocenters. The molecule has 0 saturated carbocycles. The molecule has 0 aliphatic carbocycles. The molecule has 2 aliphatic heterocycles. The minimum absolute atomic E-state index is 0.140. The quantitative estimate of drug-likeness (QED) is 0.898. The molecule has 4 nitrogen and oxygen atoms in total. The lowest BCUT2D eigenvalue weighted by molar-refractivity contribution is -0.119. The number of thioether (sulfide) groups is 1. The van der Waals surface area contributed by atoms with E-state index in [9.17, 15) is 4.79 Å². The molecule has 23 heavy (non-hydrogen) atoms. The zero-order valence-electron chi connectivity index (χ0n) is 13.8. The molecule has 1 aromatic rings. The Morgan fingerprint density at radius 2 is 1.87 bits per heavy atom. The van der Waals surface area contributed by atoms with Gasteiger partial charge in [0.1, 0.15) is 0 Å². The maximum absolute atomic E-state index is 12.3. The van der Waals surface area contributed by atoms with Crippen molar-refractivity contribution >= 4 is 23.4 Å². The summed E-state index contributed by atoms with van der Waals surface area (Å²) in [5.41, 5.74) is 1.20. The number of amides is 1. The molecule has 2 aliphatic rings. The van der Waals surface area contributed by atoms with E-state index in [4.69, 9.17) is 0 Å². The number of nitrogens with zero attached hydrogens (tertiary/aromatic N) is 2. The lowest BCUT2D eigenvalue weighted by atomic mass is 10.2. The summed E-state index contributed by atoms with van der Waals surface area (Å²) >= 11 is 1.88. The van der Waals surface area contributed by atoms with E-state index in [2.05, 4.69) is 39.4 Å². The summed E-state index contributed by atoms with van der Waals surface area (Å²) in [6, 6.07) is 8.38. The van der Waals surface area contributed by atoms with Crippen molar-refractivity contribution in [2.45, 2.75) is 30.6 Å². The highest BCUT2D eigenvalue weighted by Gasteiger charge is 2.19. The minimum Gasteiger partial charge on any atom is -0.360 e. The topological polar surface area (TPSA) is 35.6 Å². The number of carbonyl (C=O) groups is 1. The number of hydrogen-bond donors (Lipinski definition) is 1. The van der Waals surface area contributed by atoms with Gasteiger partial charge in [-0.3, -0.25) is 4.79 Å². The Balaban J connectivity index is 1.43. The van der Waals surface area contributed by atoms with Crippen LogP contribution >= 0.6 is 11.8 Å². The molecule has 0 aromatic heterocycles. The summed E-state index contributed by atoms with van der Waals surface area (Å²) in [6.45, 7) is 5.54. The van der Waals surface area contributed by atoms with Gasteiger partial charge < -0.3 is 15.1 Å². The molecule has 3 rings (SSSR count). The van der Waals surface area contributed by atoms with Gasteiger partial charge in [-0.25, -0.2) is 0 Å². The van der Waals surface area contributed by atoms with Crippen molar-refractivity contribution in [3.63, 3.8) is 0 Å². The van der Waals surface area contributed by atoms with Crippen molar-refractivity contribution in [3.8, 4) is 0 Å². The number of anilines is 1. The van der Waals surface area contributed by atoms with E-state index in [1.54, 1.807) is 0 Å². The Labute approximate surface area is 143 Å². The van der Waals surface area contributed by atoms with E-state index in [1.165, 1.54) is 49.4 Å². The summed E-state index contributed by atoms with van der Waals surface area (Å²) in [7, 11) is 0. The number of carbonyl (C=O) groups excluding carboxylic acids is 1. The second-order valence-electron chi connectivity index (χ2n) is 6.34. The van der Waals surface area contributed by atoms with Crippen LogP contribution in [0.5, 0.6) is 0 Å². The van der Waals surface area contributed by atoms with Crippen LogP contribution < -0.4 is 10.2 Å². The maximum atomic E-state index is 12.3. The largest absolute Gasteiger partial charge is 0.360 e. The minimum atomic E-state index is 0.140. The highest BCUT2D eigenvalue weighted by molar-refractivity contribution is 7.99. The van der Waals surface area contributed by atoms with Gasteiger partial charge in [-0.1, -0.05) is 25.0 Å². The molecule has 0 unspecified atom stereocenters. The third-order valence-electron chi connectivity index (χ3n) is 4.61. The molecule has 1 fully saturated rings. The van der Waals surface area contributed by atoms with Crippen LogP contribution in [0.4, 0.5) is 5.69 Å². The lowest BCUT2D eigenvalue weighted by Crippen LogP contribution is -2.42. The zero-order chi connectivity index (χ0) is 15.9. The molecule has 1 N–H and O–H groups in total. The van der Waals surface area contributed by atoms with Crippen molar-refractivity contribution in [3.05, 3.63) is 24.3 Å². The highest BCUT2D eigenvalue weighted by atomic mass is 32.2. The van der Waals surface area contributed by atoms with E-state index < -0.39 is 0 Å². The lowest BCUT2D eigenvalue weighted by Gasteiger charge is -2.30. The fourth-order valence-electron chi connectivity index (χ4n) is 3.33. The Hall–Kier alpha value is -1.20. The fraction of sp³-hybridized carbons (Fsp3) is 0.611. The van der Waals surface area contributed by atoms with Gasteiger partial charge >= 0.3 is 0 Å². The molecule has 0 spiro atoms. The van der Waals surface area contributed by atoms with E-state index in [1.807, 2.05) is 11.8 Å². The van der Waals surface area contributed by atoms with Gasteiger partial charge in [0.2, 0.25) is 5.91 Å². The first-order valence-electron chi connectivity index (χ1n) is 8.79. The Kier molecular flexibility index (Phi) is 6.22. The van der Waals surface area contributed by atoms with E-state index in [-0.39, 0.29) is 5.91 Å². The molecular weight excluding hydrogens is 306 g/mol. The summed E-state index contributed by atoms with van der Waals surface area (Å²) in [6.07, 6.45) is 5.32. The van der Waals surface area contributed by atoms with Gasteiger partial charge in [0.15, 0.2) is 0 Å². The molecule has 2 heterocycles. The number of nitrogens with one attached hydrogen (secondary N) is 1. The van der Waals surface area contributed by atoms with Crippen LogP contribution in [0.1, 0.15) is 25.7 Å². The van der Waals surface area contributed by atoms with Crippen LogP contribution in [0, 0.1) is 0 Å². The van der Waals surface area contributed by atoms with Crippen molar-refractivity contribution in [2.24, 2.45) is 0 Å². The molecule has 126 valence electrons. The SMILES string of the molecule is O=C(CN1CCSc2ccccc21)NCCN1CCCCCC1. The van der Waals surface area contributed by atoms with Crippen LogP contribution in [-0.4, -0.2) is 55.8 Å². The molecular formula is C18H27N3OS. The molecule has 1 saturated heterocycles. The number of benzene rings is 1. The zero-order valence-corrected chi connectivity index (χ0v) is 14.6. The van der Waals surface area contributed by atoms with Crippen molar-refractivity contribution < 1.29 is 4.79 Å². The van der Waals surface area contributed by atoms with E-state index in [0.29, 0.717) is 6.54 Å². The summed E-state index contributed by atoms with van der Waals surface area (Å²) in [5, 5.41) is 3.10. The first kappa shape index (κ1) is 16.7. The number of para-hydroxylation sites is 1. The van der Waals surface area contributed by atoms with Gasteiger partial charge in [0, 0.05) is 30.3 Å². The summed E-state index contributed by atoms with van der Waals surface area (Å²) < 4.78 is 0. The standard InChI is InChI=1S/C18H27N3OS/c22-18(19-9-12-20-10-5-1-2-6-11-20)15-21-13-14-23-17-8-4-3-7-16(17)21/h3-4,7-8H,1-2,5-6,9-15H2,(H,19,22). The number of likely N-dealkylation sites (tertiary alicyclic amines) is 1. The van der Waals surface area contributed by atoms with Crippen LogP contribution in [0.2, 0.25) is 0 Å². The Morgan fingerprint density at radius 1 is 1.09 bits per heavy atom. The van der Waals surface area contributed by atoms with E-state index >= 15 is 0 Å². The monoisotopic (exact) mass is 333 g/mol. The molecule has 1 amide bonds. The smallest absolute Gasteiger partial charge is 0.239 e. The summed E-state index contributed by atoms with van der Waals surface area (Å²) in [5.74, 6) is 1.19. The van der Waals surface area contributed by atoms with Gasteiger partial charge in [0.05, 0.1) is 12.2 Å². The predicted molar refractivity (Wildman–Crippen MR) is 97.3 cm³/mol.